The van der Waals surface area contributed by atoms with E-state index in [1.54, 1.807) is 5.57 Å². The Bertz CT molecular complexity index is 526. The topological polar surface area (TPSA) is 0 Å². The summed E-state index contributed by atoms with van der Waals surface area (Å²) in [6.07, 6.45) is 9.65. The van der Waals surface area contributed by atoms with Crippen molar-refractivity contribution in [2.45, 2.75) is 60.3 Å². The Balaban J connectivity index is 2.43. The van der Waals surface area contributed by atoms with Crippen LogP contribution < -0.4 is 0 Å². The summed E-state index contributed by atoms with van der Waals surface area (Å²) in [6, 6.07) is 9.17. The van der Waals surface area contributed by atoms with E-state index >= 15 is 0 Å². The van der Waals surface area contributed by atoms with Crippen LogP contribution in [-0.2, 0) is 6.42 Å². The van der Waals surface area contributed by atoms with Crippen molar-refractivity contribution in [1.29, 1.82) is 0 Å². The van der Waals surface area contributed by atoms with Crippen LogP contribution in [0.2, 0.25) is 0 Å². The van der Waals surface area contributed by atoms with Crippen LogP contribution in [0.4, 0.5) is 0 Å². The normalized spacial score (nSPS) is 23.2. The molecule has 0 N–H and O–H groups in total. The fourth-order valence-corrected chi connectivity index (χ4v) is 3.74. The lowest BCUT2D eigenvalue weighted by molar-refractivity contribution is 0.446. The molecule has 0 nitrogen and oxygen atoms in total. The Hall–Kier alpha value is -1.30. The van der Waals surface area contributed by atoms with Crippen molar-refractivity contribution in [2.75, 3.05) is 0 Å². The molecule has 114 valence electrons. The molecule has 0 heteroatoms. The van der Waals surface area contributed by atoms with Gasteiger partial charge in [0, 0.05) is 5.41 Å². The maximum absolute atomic E-state index is 2.49. The molecule has 1 aromatic rings. The van der Waals surface area contributed by atoms with Crippen LogP contribution in [0.5, 0.6) is 0 Å². The molecule has 0 fully saturated rings. The molecule has 1 atom stereocenters. The molecule has 21 heavy (non-hydrogen) atoms. The van der Waals surface area contributed by atoms with E-state index in [0.717, 1.165) is 18.8 Å². The van der Waals surface area contributed by atoms with Crippen LogP contribution in [0.1, 0.15) is 65.0 Å². The number of allylic oxidation sites excluding steroid dienone is 4. The minimum Gasteiger partial charge on any atom is -0.0844 e. The van der Waals surface area contributed by atoms with Gasteiger partial charge in [0.2, 0.25) is 0 Å². The van der Waals surface area contributed by atoms with Crippen LogP contribution in [-0.4, -0.2) is 0 Å². The van der Waals surface area contributed by atoms with Gasteiger partial charge in [0.05, 0.1) is 0 Å². The Morgan fingerprint density at radius 2 is 1.76 bits per heavy atom. The second-order valence-corrected chi connectivity index (χ2v) is 6.70. The van der Waals surface area contributed by atoms with E-state index in [0.29, 0.717) is 0 Å². The standard InChI is InChI=1S/C21H30/c1-6-9-19-17(8-3)14-15-20(21(19,4)5)18-12-10-16(7-2)11-13-18/h9-13,15,17H,6-8,14H2,1-5H3/b19-9+. The van der Waals surface area contributed by atoms with Gasteiger partial charge in [-0.2, -0.15) is 0 Å². The third kappa shape index (κ3) is 3.15. The minimum atomic E-state index is 0.155. The summed E-state index contributed by atoms with van der Waals surface area (Å²) in [7, 11) is 0. The van der Waals surface area contributed by atoms with Gasteiger partial charge in [-0.3, -0.25) is 0 Å². The van der Waals surface area contributed by atoms with Gasteiger partial charge in [-0.15, -0.1) is 0 Å². The van der Waals surface area contributed by atoms with E-state index in [1.165, 1.54) is 29.5 Å². The predicted octanol–water partition coefficient (Wildman–Crippen LogP) is 6.42. The molecule has 1 aromatic carbocycles. The number of hydrogen-bond donors (Lipinski definition) is 0. The second kappa shape index (κ2) is 6.64. The van der Waals surface area contributed by atoms with Crippen LogP contribution in [0.25, 0.3) is 5.57 Å². The zero-order chi connectivity index (χ0) is 15.5. The number of benzene rings is 1. The van der Waals surface area contributed by atoms with Crippen LogP contribution in [0, 0.1) is 11.3 Å². The lowest BCUT2D eigenvalue weighted by atomic mass is 9.64. The smallest absolute Gasteiger partial charge is 0.0111 e. The monoisotopic (exact) mass is 282 g/mol. The number of rotatable bonds is 4. The molecule has 0 saturated heterocycles. The highest BCUT2D eigenvalue weighted by atomic mass is 14.4. The lowest BCUT2D eigenvalue weighted by Gasteiger charge is -2.40. The third-order valence-corrected chi connectivity index (χ3v) is 5.03. The highest BCUT2D eigenvalue weighted by Crippen LogP contribution is 2.49. The molecular formula is C21H30. The molecule has 0 heterocycles. The van der Waals surface area contributed by atoms with Gasteiger partial charge >= 0.3 is 0 Å². The van der Waals surface area contributed by atoms with E-state index in [2.05, 4.69) is 71.0 Å². The first-order valence-corrected chi connectivity index (χ1v) is 8.55. The van der Waals surface area contributed by atoms with Crippen molar-refractivity contribution in [3.05, 3.63) is 53.1 Å². The second-order valence-electron chi connectivity index (χ2n) is 6.70. The zero-order valence-corrected chi connectivity index (χ0v) is 14.4. The van der Waals surface area contributed by atoms with Gasteiger partial charge in [-0.1, -0.05) is 76.6 Å². The summed E-state index contributed by atoms with van der Waals surface area (Å²) in [5.74, 6) is 0.721. The SMILES string of the molecule is CC/C=C1\C(CC)CC=C(c2ccc(CC)cc2)C1(C)C. The van der Waals surface area contributed by atoms with Crippen molar-refractivity contribution in [3.63, 3.8) is 0 Å². The molecule has 1 unspecified atom stereocenters. The van der Waals surface area contributed by atoms with E-state index in [-0.39, 0.29) is 5.41 Å². The van der Waals surface area contributed by atoms with Crippen LogP contribution >= 0.6 is 0 Å². The van der Waals surface area contributed by atoms with Crippen LogP contribution in [0.3, 0.4) is 0 Å². The number of aryl methyl sites for hydroxylation is 1. The van der Waals surface area contributed by atoms with Crippen LogP contribution in [0.15, 0.2) is 42.0 Å². The minimum absolute atomic E-state index is 0.155. The molecule has 1 aliphatic rings. The number of hydrogen-bond acceptors (Lipinski definition) is 0. The Kier molecular flexibility index (Phi) is 5.08. The molecule has 0 aromatic heterocycles. The van der Waals surface area contributed by atoms with Crippen molar-refractivity contribution < 1.29 is 0 Å². The summed E-state index contributed by atoms with van der Waals surface area (Å²) in [4.78, 5) is 0. The average Bonchev–Trinajstić information content (AvgIpc) is 2.49. The summed E-state index contributed by atoms with van der Waals surface area (Å²) >= 11 is 0. The molecule has 0 amide bonds. The highest BCUT2D eigenvalue weighted by molar-refractivity contribution is 5.74. The summed E-state index contributed by atoms with van der Waals surface area (Å²) in [5, 5.41) is 0. The molecule has 0 saturated carbocycles. The molecule has 0 radical (unpaired) electrons. The van der Waals surface area contributed by atoms with E-state index in [1.807, 2.05) is 0 Å². The molecule has 0 aliphatic heterocycles. The highest BCUT2D eigenvalue weighted by Gasteiger charge is 2.35. The van der Waals surface area contributed by atoms with Crippen molar-refractivity contribution >= 4 is 5.57 Å². The largest absolute Gasteiger partial charge is 0.0844 e. The van der Waals surface area contributed by atoms with Gasteiger partial charge < -0.3 is 0 Å². The first kappa shape index (κ1) is 16.1. The Morgan fingerprint density at radius 3 is 2.29 bits per heavy atom. The van der Waals surface area contributed by atoms with Gasteiger partial charge in [0.25, 0.3) is 0 Å². The van der Waals surface area contributed by atoms with Gasteiger partial charge in [0.1, 0.15) is 0 Å². The summed E-state index contributed by atoms with van der Waals surface area (Å²) in [5.41, 5.74) is 6.12. The molecular weight excluding hydrogens is 252 g/mol. The van der Waals surface area contributed by atoms with Crippen molar-refractivity contribution in [1.82, 2.24) is 0 Å². The average molecular weight is 282 g/mol. The summed E-state index contributed by atoms with van der Waals surface area (Å²) in [6.45, 7) is 11.6. The fourth-order valence-electron chi connectivity index (χ4n) is 3.74. The molecule has 0 bridgehead atoms. The van der Waals surface area contributed by atoms with Gasteiger partial charge in [-0.05, 0) is 48.3 Å². The van der Waals surface area contributed by atoms with Gasteiger partial charge in [-0.25, -0.2) is 0 Å². The molecule has 0 spiro atoms. The molecule has 1 aliphatic carbocycles. The maximum atomic E-state index is 2.49. The first-order chi connectivity index (χ1) is 10.0. The van der Waals surface area contributed by atoms with Crippen molar-refractivity contribution in [2.24, 2.45) is 11.3 Å². The predicted molar refractivity (Wildman–Crippen MR) is 94.4 cm³/mol. The van der Waals surface area contributed by atoms with Gasteiger partial charge in [0.15, 0.2) is 0 Å². The van der Waals surface area contributed by atoms with E-state index < -0.39 is 0 Å². The first-order valence-electron chi connectivity index (χ1n) is 8.55. The van der Waals surface area contributed by atoms with E-state index in [4.69, 9.17) is 0 Å². The maximum Gasteiger partial charge on any atom is 0.0111 e. The Morgan fingerprint density at radius 1 is 1.10 bits per heavy atom. The molecule has 2 rings (SSSR count). The lowest BCUT2D eigenvalue weighted by Crippen LogP contribution is -2.26. The fraction of sp³-hybridized carbons (Fsp3) is 0.524. The van der Waals surface area contributed by atoms with E-state index in [9.17, 15) is 0 Å². The zero-order valence-electron chi connectivity index (χ0n) is 14.4. The third-order valence-electron chi connectivity index (χ3n) is 5.03. The summed E-state index contributed by atoms with van der Waals surface area (Å²) < 4.78 is 0. The quantitative estimate of drug-likeness (QED) is 0.558. The van der Waals surface area contributed by atoms with Crippen molar-refractivity contribution in [3.8, 4) is 0 Å². The Labute approximate surface area is 131 Å².